The van der Waals surface area contributed by atoms with Gasteiger partial charge in [0.05, 0.1) is 11.2 Å². The molecule has 19 heavy (non-hydrogen) atoms. The van der Waals surface area contributed by atoms with Crippen LogP contribution < -0.4 is 10.0 Å². The third kappa shape index (κ3) is 2.69. The number of rotatable bonds is 5. The Morgan fingerprint density at radius 3 is 2.58 bits per heavy atom. The quantitative estimate of drug-likeness (QED) is 0.877. The normalized spacial score (nSPS) is 11.7. The Bertz CT molecular complexity index is 683. The Kier molecular flexibility index (Phi) is 4.01. The van der Waals surface area contributed by atoms with Gasteiger partial charge in [-0.2, -0.15) is 0 Å². The summed E-state index contributed by atoms with van der Waals surface area (Å²) in [5.41, 5.74) is 1.38. The van der Waals surface area contributed by atoms with Crippen LogP contribution in [0, 0.1) is 0 Å². The van der Waals surface area contributed by atoms with Crippen LogP contribution >= 0.6 is 0 Å². The van der Waals surface area contributed by atoms with Crippen molar-refractivity contribution in [2.24, 2.45) is 0 Å². The van der Waals surface area contributed by atoms with Crippen LogP contribution in [0.15, 0.2) is 35.4 Å². The molecule has 0 aliphatic rings. The number of pyridine rings is 1. The molecule has 0 spiro atoms. The van der Waals surface area contributed by atoms with Gasteiger partial charge in [0.1, 0.15) is 4.90 Å². The molecule has 0 bridgehead atoms. The topological polar surface area (TPSA) is 71.1 Å². The van der Waals surface area contributed by atoms with Crippen LogP contribution in [-0.2, 0) is 10.0 Å². The summed E-state index contributed by atoms with van der Waals surface area (Å²) in [5, 5.41) is 3.93. The van der Waals surface area contributed by atoms with Crippen molar-refractivity contribution >= 4 is 26.6 Å². The minimum absolute atomic E-state index is 0.190. The van der Waals surface area contributed by atoms with Crippen LogP contribution in [0.5, 0.6) is 0 Å². The summed E-state index contributed by atoms with van der Waals surface area (Å²) < 4.78 is 26.9. The SMILES string of the molecule is CCNc1c(S(=O)(=O)NCC)cnc2ccccc12. The Balaban J connectivity index is 2.71. The van der Waals surface area contributed by atoms with Gasteiger partial charge in [-0.25, -0.2) is 13.1 Å². The van der Waals surface area contributed by atoms with Gasteiger partial charge in [0, 0.05) is 24.7 Å². The molecular weight excluding hydrogens is 262 g/mol. The summed E-state index contributed by atoms with van der Waals surface area (Å²) in [5.74, 6) is 0. The van der Waals surface area contributed by atoms with Gasteiger partial charge in [0.2, 0.25) is 10.0 Å². The highest BCUT2D eigenvalue weighted by molar-refractivity contribution is 7.89. The van der Waals surface area contributed by atoms with Crippen molar-refractivity contribution in [2.45, 2.75) is 18.7 Å². The molecule has 0 amide bonds. The fraction of sp³-hybridized carbons (Fsp3) is 0.308. The molecule has 0 radical (unpaired) electrons. The van der Waals surface area contributed by atoms with Crippen LogP contribution in [0.3, 0.4) is 0 Å². The lowest BCUT2D eigenvalue weighted by atomic mass is 10.2. The summed E-state index contributed by atoms with van der Waals surface area (Å²) in [6.07, 6.45) is 1.40. The predicted octanol–water partition coefficient (Wildman–Crippen LogP) is 1.96. The van der Waals surface area contributed by atoms with Gasteiger partial charge in [-0.15, -0.1) is 0 Å². The minimum atomic E-state index is -3.53. The van der Waals surface area contributed by atoms with E-state index in [1.807, 2.05) is 31.2 Å². The molecule has 1 aromatic carbocycles. The zero-order valence-electron chi connectivity index (χ0n) is 11.0. The first-order valence-electron chi connectivity index (χ1n) is 6.21. The molecule has 5 nitrogen and oxygen atoms in total. The van der Waals surface area contributed by atoms with Gasteiger partial charge >= 0.3 is 0 Å². The third-order valence-electron chi connectivity index (χ3n) is 2.72. The van der Waals surface area contributed by atoms with Crippen molar-refractivity contribution < 1.29 is 8.42 Å². The molecule has 2 aromatic rings. The second kappa shape index (κ2) is 5.54. The van der Waals surface area contributed by atoms with E-state index >= 15 is 0 Å². The average Bonchev–Trinajstić information content (AvgIpc) is 2.39. The molecular formula is C13H17N3O2S. The fourth-order valence-electron chi connectivity index (χ4n) is 1.95. The lowest BCUT2D eigenvalue weighted by Crippen LogP contribution is -2.24. The van der Waals surface area contributed by atoms with E-state index in [1.165, 1.54) is 6.20 Å². The lowest BCUT2D eigenvalue weighted by Gasteiger charge is -2.13. The molecule has 2 N–H and O–H groups in total. The number of anilines is 1. The van der Waals surface area contributed by atoms with E-state index < -0.39 is 10.0 Å². The van der Waals surface area contributed by atoms with E-state index in [0.29, 0.717) is 18.8 Å². The maximum absolute atomic E-state index is 12.2. The molecule has 0 atom stereocenters. The largest absolute Gasteiger partial charge is 0.384 e. The van der Waals surface area contributed by atoms with Crippen molar-refractivity contribution in [3.05, 3.63) is 30.5 Å². The Hall–Kier alpha value is -1.66. The van der Waals surface area contributed by atoms with E-state index in [2.05, 4.69) is 15.0 Å². The first kappa shape index (κ1) is 13.8. The molecule has 1 heterocycles. The predicted molar refractivity (Wildman–Crippen MR) is 76.8 cm³/mol. The number of para-hydroxylation sites is 1. The lowest BCUT2D eigenvalue weighted by molar-refractivity contribution is 0.584. The number of hydrogen-bond donors (Lipinski definition) is 2. The Morgan fingerprint density at radius 1 is 1.16 bits per heavy atom. The van der Waals surface area contributed by atoms with Crippen molar-refractivity contribution in [1.82, 2.24) is 9.71 Å². The van der Waals surface area contributed by atoms with Crippen molar-refractivity contribution in [2.75, 3.05) is 18.4 Å². The first-order valence-corrected chi connectivity index (χ1v) is 7.69. The van der Waals surface area contributed by atoms with E-state index in [0.717, 1.165) is 10.9 Å². The maximum Gasteiger partial charge on any atom is 0.244 e. The molecule has 0 saturated carbocycles. The standard InChI is InChI=1S/C13H17N3O2S/c1-3-14-13-10-7-5-6-8-11(10)15-9-12(13)19(17,18)16-4-2/h5-9,16H,3-4H2,1-2H3,(H,14,15). The van der Waals surface area contributed by atoms with Crippen LogP contribution in [0.4, 0.5) is 5.69 Å². The number of fused-ring (bicyclic) bond motifs is 1. The molecule has 2 rings (SSSR count). The second-order valence-corrected chi connectivity index (χ2v) is 5.78. The molecule has 0 fully saturated rings. The fourth-order valence-corrected chi connectivity index (χ4v) is 3.13. The highest BCUT2D eigenvalue weighted by Gasteiger charge is 2.20. The van der Waals surface area contributed by atoms with Gasteiger partial charge in [0.15, 0.2) is 0 Å². The van der Waals surface area contributed by atoms with Crippen LogP contribution in [0.1, 0.15) is 13.8 Å². The molecule has 0 saturated heterocycles. The van der Waals surface area contributed by atoms with E-state index in [-0.39, 0.29) is 4.90 Å². The van der Waals surface area contributed by atoms with Crippen LogP contribution in [0.2, 0.25) is 0 Å². The number of nitrogens with zero attached hydrogens (tertiary/aromatic N) is 1. The summed E-state index contributed by atoms with van der Waals surface area (Å²) in [6, 6.07) is 7.48. The monoisotopic (exact) mass is 279 g/mol. The second-order valence-electron chi connectivity index (χ2n) is 4.05. The smallest absolute Gasteiger partial charge is 0.244 e. The summed E-state index contributed by atoms with van der Waals surface area (Å²) in [6.45, 7) is 4.67. The Morgan fingerprint density at radius 2 is 1.89 bits per heavy atom. The van der Waals surface area contributed by atoms with Crippen molar-refractivity contribution in [3.8, 4) is 0 Å². The number of hydrogen-bond acceptors (Lipinski definition) is 4. The molecule has 0 aliphatic carbocycles. The summed E-state index contributed by atoms with van der Waals surface area (Å²) in [4.78, 5) is 4.40. The Labute approximate surface area is 113 Å². The van der Waals surface area contributed by atoms with E-state index in [4.69, 9.17) is 0 Å². The van der Waals surface area contributed by atoms with Gasteiger partial charge in [-0.3, -0.25) is 4.98 Å². The molecule has 0 aliphatic heterocycles. The highest BCUT2D eigenvalue weighted by atomic mass is 32.2. The number of benzene rings is 1. The first-order chi connectivity index (χ1) is 9.10. The van der Waals surface area contributed by atoms with Gasteiger partial charge in [0.25, 0.3) is 0 Å². The number of aromatic nitrogens is 1. The van der Waals surface area contributed by atoms with Crippen molar-refractivity contribution in [3.63, 3.8) is 0 Å². The number of sulfonamides is 1. The van der Waals surface area contributed by atoms with Crippen LogP contribution in [-0.4, -0.2) is 26.5 Å². The van der Waals surface area contributed by atoms with Gasteiger partial charge < -0.3 is 5.32 Å². The van der Waals surface area contributed by atoms with Gasteiger partial charge in [-0.05, 0) is 13.0 Å². The van der Waals surface area contributed by atoms with E-state index in [9.17, 15) is 8.42 Å². The third-order valence-corrected chi connectivity index (χ3v) is 4.28. The highest BCUT2D eigenvalue weighted by Crippen LogP contribution is 2.28. The average molecular weight is 279 g/mol. The molecule has 0 unspecified atom stereocenters. The zero-order chi connectivity index (χ0) is 13.9. The van der Waals surface area contributed by atoms with Crippen LogP contribution in [0.25, 0.3) is 10.9 Å². The van der Waals surface area contributed by atoms with E-state index in [1.54, 1.807) is 6.92 Å². The minimum Gasteiger partial charge on any atom is -0.384 e. The van der Waals surface area contributed by atoms with Gasteiger partial charge in [-0.1, -0.05) is 25.1 Å². The molecule has 6 heteroatoms. The molecule has 102 valence electrons. The summed E-state index contributed by atoms with van der Waals surface area (Å²) >= 11 is 0. The summed E-state index contributed by atoms with van der Waals surface area (Å²) in [7, 11) is -3.53. The zero-order valence-corrected chi connectivity index (χ0v) is 11.8. The number of nitrogens with one attached hydrogen (secondary N) is 2. The van der Waals surface area contributed by atoms with Crippen molar-refractivity contribution in [1.29, 1.82) is 0 Å². The maximum atomic E-state index is 12.2. The molecule has 1 aromatic heterocycles.